The molecule has 0 aliphatic carbocycles. The number of hydrogen-bond acceptors (Lipinski definition) is 1. The van der Waals surface area contributed by atoms with Crippen LogP contribution in [0.1, 0.15) is 10.5 Å². The van der Waals surface area contributed by atoms with Crippen LogP contribution in [0.5, 0.6) is 0 Å². The van der Waals surface area contributed by atoms with Gasteiger partial charge in [-0.15, -0.1) is 0 Å². The van der Waals surface area contributed by atoms with E-state index < -0.39 is 4.84 Å². The zero-order valence-electron chi connectivity index (χ0n) is 5.00. The molecule has 0 aliphatic rings. The summed E-state index contributed by atoms with van der Waals surface area (Å²) in [5.41, 5.74) is 0.695. The summed E-state index contributed by atoms with van der Waals surface area (Å²) in [6, 6.07) is 5.45. The summed E-state index contributed by atoms with van der Waals surface area (Å²) in [7, 11) is 0. The third kappa shape index (κ3) is 2.50. The SMILES string of the molecule is ClC(Cl)c1ccccn1.F. The molecule has 0 amide bonds. The Bertz CT molecular complexity index is 178. The van der Waals surface area contributed by atoms with Crippen molar-refractivity contribution in [1.82, 2.24) is 4.98 Å². The number of aromatic nitrogens is 1. The monoisotopic (exact) mass is 181 g/mol. The van der Waals surface area contributed by atoms with Gasteiger partial charge in [-0.05, 0) is 12.1 Å². The first-order valence-corrected chi connectivity index (χ1v) is 3.37. The maximum absolute atomic E-state index is 5.51. The highest BCUT2D eigenvalue weighted by Crippen LogP contribution is 2.21. The van der Waals surface area contributed by atoms with Gasteiger partial charge >= 0.3 is 0 Å². The van der Waals surface area contributed by atoms with Crippen LogP contribution in [0, 0.1) is 0 Å². The highest BCUT2D eigenvalue weighted by atomic mass is 35.5. The third-order valence-electron chi connectivity index (χ3n) is 0.911. The summed E-state index contributed by atoms with van der Waals surface area (Å²) in [5, 5.41) is 0. The highest BCUT2D eigenvalue weighted by Gasteiger charge is 2.00. The van der Waals surface area contributed by atoms with E-state index in [4.69, 9.17) is 23.2 Å². The molecule has 56 valence electrons. The summed E-state index contributed by atoms with van der Waals surface area (Å²) in [4.78, 5) is 3.41. The normalized spacial score (nSPS) is 9.10. The summed E-state index contributed by atoms with van der Waals surface area (Å²) < 4.78 is 0. The number of hydrogen-bond donors (Lipinski definition) is 0. The molecule has 0 fully saturated rings. The number of rotatable bonds is 1. The van der Waals surface area contributed by atoms with E-state index in [0.29, 0.717) is 5.69 Å². The van der Waals surface area contributed by atoms with E-state index >= 15 is 0 Å². The molecule has 0 atom stereocenters. The van der Waals surface area contributed by atoms with E-state index in [-0.39, 0.29) is 4.70 Å². The second kappa shape index (κ2) is 4.47. The van der Waals surface area contributed by atoms with E-state index in [1.807, 2.05) is 12.1 Å². The first-order chi connectivity index (χ1) is 4.30. The van der Waals surface area contributed by atoms with Crippen molar-refractivity contribution >= 4 is 23.2 Å². The molecule has 10 heavy (non-hydrogen) atoms. The van der Waals surface area contributed by atoms with Crippen molar-refractivity contribution in [3.05, 3.63) is 30.1 Å². The Kier molecular flexibility index (Phi) is 4.32. The molecule has 0 saturated heterocycles. The van der Waals surface area contributed by atoms with Gasteiger partial charge in [0, 0.05) is 6.20 Å². The summed E-state index contributed by atoms with van der Waals surface area (Å²) >= 11 is 11.0. The van der Waals surface area contributed by atoms with Crippen LogP contribution in [-0.4, -0.2) is 4.98 Å². The van der Waals surface area contributed by atoms with E-state index in [1.165, 1.54) is 0 Å². The smallest absolute Gasteiger partial charge is 0.149 e. The van der Waals surface area contributed by atoms with Crippen LogP contribution in [0.4, 0.5) is 4.70 Å². The van der Waals surface area contributed by atoms with Gasteiger partial charge in [0.05, 0.1) is 5.69 Å². The molecule has 0 unspecified atom stereocenters. The molecule has 4 heteroatoms. The van der Waals surface area contributed by atoms with Crippen molar-refractivity contribution in [2.45, 2.75) is 4.84 Å². The lowest BCUT2D eigenvalue weighted by atomic mass is 10.4. The van der Waals surface area contributed by atoms with Gasteiger partial charge in [-0.25, -0.2) is 0 Å². The molecule has 1 heterocycles. The van der Waals surface area contributed by atoms with Crippen LogP contribution in [-0.2, 0) is 0 Å². The molecule has 0 N–H and O–H groups in total. The van der Waals surface area contributed by atoms with Gasteiger partial charge in [0.25, 0.3) is 0 Å². The molecule has 1 nitrogen and oxygen atoms in total. The summed E-state index contributed by atoms with van der Waals surface area (Å²) in [5.74, 6) is 0. The minimum Gasteiger partial charge on any atom is -0.269 e. The van der Waals surface area contributed by atoms with Crippen molar-refractivity contribution in [3.63, 3.8) is 0 Å². The fraction of sp³-hybridized carbons (Fsp3) is 0.167. The lowest BCUT2D eigenvalue weighted by Crippen LogP contribution is -1.83. The van der Waals surface area contributed by atoms with Crippen LogP contribution in [0.25, 0.3) is 0 Å². The molecule has 0 saturated carbocycles. The van der Waals surface area contributed by atoms with Gasteiger partial charge in [-0.3, -0.25) is 9.69 Å². The fourth-order valence-corrected chi connectivity index (χ4v) is 0.763. The Morgan fingerprint density at radius 1 is 1.30 bits per heavy atom. The van der Waals surface area contributed by atoms with Crippen molar-refractivity contribution in [1.29, 1.82) is 0 Å². The second-order valence-electron chi connectivity index (χ2n) is 1.56. The van der Waals surface area contributed by atoms with Crippen LogP contribution < -0.4 is 0 Å². The highest BCUT2D eigenvalue weighted by molar-refractivity contribution is 6.43. The largest absolute Gasteiger partial charge is 0.269 e. The number of nitrogens with zero attached hydrogens (tertiary/aromatic N) is 1. The molecular formula is C6H6Cl2FN. The molecule has 1 aromatic rings. The van der Waals surface area contributed by atoms with Crippen LogP contribution >= 0.6 is 23.2 Å². The predicted octanol–water partition coefficient (Wildman–Crippen LogP) is 2.71. The third-order valence-corrected chi connectivity index (χ3v) is 1.36. The topological polar surface area (TPSA) is 12.9 Å². The maximum atomic E-state index is 5.51. The molecule has 1 rings (SSSR count). The van der Waals surface area contributed by atoms with Crippen LogP contribution in [0.15, 0.2) is 24.4 Å². The van der Waals surface area contributed by atoms with Crippen molar-refractivity contribution < 1.29 is 4.70 Å². The molecule has 0 aliphatic heterocycles. The molecule has 0 aromatic carbocycles. The zero-order valence-corrected chi connectivity index (χ0v) is 6.51. The Labute approximate surface area is 68.4 Å². The molecular weight excluding hydrogens is 176 g/mol. The Hall–Kier alpha value is -0.340. The quantitative estimate of drug-likeness (QED) is 0.608. The number of pyridine rings is 1. The van der Waals surface area contributed by atoms with Gasteiger partial charge in [0.1, 0.15) is 4.84 Å². The summed E-state index contributed by atoms with van der Waals surface area (Å²) in [6.07, 6.45) is 1.66. The van der Waals surface area contributed by atoms with Crippen molar-refractivity contribution in [2.24, 2.45) is 0 Å². The number of halogens is 3. The Balaban J connectivity index is 0.000000810. The second-order valence-corrected chi connectivity index (χ2v) is 2.65. The van der Waals surface area contributed by atoms with Gasteiger partial charge < -0.3 is 0 Å². The standard InChI is InChI=1S/C6H5Cl2N.FH/c7-6(8)5-3-1-2-4-9-5;/h1-4,6H;1H. The van der Waals surface area contributed by atoms with Crippen molar-refractivity contribution in [2.75, 3.05) is 0 Å². The molecule has 1 aromatic heterocycles. The van der Waals surface area contributed by atoms with E-state index in [0.717, 1.165) is 0 Å². The predicted molar refractivity (Wildman–Crippen MR) is 41.2 cm³/mol. The average Bonchev–Trinajstić information content (AvgIpc) is 1.90. The Morgan fingerprint density at radius 2 is 2.00 bits per heavy atom. The minimum atomic E-state index is -0.508. The van der Waals surface area contributed by atoms with Gasteiger partial charge in [-0.1, -0.05) is 29.3 Å². The molecule has 0 spiro atoms. The molecule has 0 radical (unpaired) electrons. The lowest BCUT2D eigenvalue weighted by molar-refractivity contribution is 1.11. The van der Waals surface area contributed by atoms with E-state index in [9.17, 15) is 0 Å². The van der Waals surface area contributed by atoms with Gasteiger partial charge in [0.15, 0.2) is 0 Å². The van der Waals surface area contributed by atoms with Gasteiger partial charge in [-0.2, -0.15) is 0 Å². The lowest BCUT2D eigenvalue weighted by Gasteiger charge is -1.95. The van der Waals surface area contributed by atoms with Crippen molar-refractivity contribution in [3.8, 4) is 0 Å². The van der Waals surface area contributed by atoms with Gasteiger partial charge in [0.2, 0.25) is 0 Å². The molecule has 0 bridgehead atoms. The van der Waals surface area contributed by atoms with E-state index in [1.54, 1.807) is 12.3 Å². The fourth-order valence-electron chi connectivity index (χ4n) is 0.505. The minimum absolute atomic E-state index is 0. The average molecular weight is 182 g/mol. The maximum Gasteiger partial charge on any atom is 0.149 e. The van der Waals surface area contributed by atoms with Crippen LogP contribution in [0.3, 0.4) is 0 Å². The van der Waals surface area contributed by atoms with E-state index in [2.05, 4.69) is 4.98 Å². The zero-order chi connectivity index (χ0) is 6.69. The Morgan fingerprint density at radius 3 is 2.30 bits per heavy atom. The first-order valence-electron chi connectivity index (χ1n) is 2.50. The van der Waals surface area contributed by atoms with Crippen LogP contribution in [0.2, 0.25) is 0 Å². The number of alkyl halides is 2. The summed E-state index contributed by atoms with van der Waals surface area (Å²) in [6.45, 7) is 0. The first kappa shape index (κ1) is 9.66.